The quantitative estimate of drug-likeness (QED) is 0.113. The van der Waals surface area contributed by atoms with Crippen molar-refractivity contribution in [1.82, 2.24) is 0 Å². The number of esters is 2. The minimum absolute atomic E-state index is 0.122. The molecule has 0 amide bonds. The van der Waals surface area contributed by atoms with Crippen LogP contribution in [0, 0.1) is 0 Å². The van der Waals surface area contributed by atoms with Gasteiger partial charge in [0.05, 0.1) is 13.7 Å². The molecule has 2 aliphatic rings. The summed E-state index contributed by atoms with van der Waals surface area (Å²) in [5.74, 6) is -4.13. The molecule has 0 unspecified atom stereocenters. The average molecular weight is 561 g/mol. The highest BCUT2D eigenvalue weighted by Crippen LogP contribution is 2.38. The van der Waals surface area contributed by atoms with Crippen LogP contribution >= 0.6 is 0 Å². The van der Waals surface area contributed by atoms with Gasteiger partial charge >= 0.3 is 11.9 Å². The first-order valence-electron chi connectivity index (χ1n) is 11.8. The lowest BCUT2D eigenvalue weighted by molar-refractivity contribution is -0.383. The summed E-state index contributed by atoms with van der Waals surface area (Å²) in [6, 6.07) is 4.25. The Bertz CT molecular complexity index is 1030. The number of aliphatic hydroxyl groups is 6. The van der Waals surface area contributed by atoms with Crippen molar-refractivity contribution in [2.24, 2.45) is 0 Å². The second kappa shape index (κ2) is 13.0. The Hall–Kier alpha value is -2.86. The van der Waals surface area contributed by atoms with Crippen molar-refractivity contribution in [2.75, 3.05) is 26.9 Å². The zero-order chi connectivity index (χ0) is 28.9. The van der Waals surface area contributed by atoms with Gasteiger partial charge in [0.15, 0.2) is 23.9 Å². The number of ether oxygens (including phenoxy) is 6. The SMILES string of the molecule is COc1cc(C=CC(=O)O[C@H]2[C@H](O)[C@@H](CO)O[C@@]2(CO)O[C@H]2O[C@H](COC(C)=O)[C@@H](O)[C@H](O)[C@H]2O)ccc1O. The molecule has 0 aromatic heterocycles. The molecule has 2 saturated heterocycles. The molecule has 15 heteroatoms. The molecule has 15 nitrogen and oxygen atoms in total. The van der Waals surface area contributed by atoms with Gasteiger partial charge in [0, 0.05) is 13.0 Å². The van der Waals surface area contributed by atoms with Gasteiger partial charge in [0.2, 0.25) is 5.79 Å². The summed E-state index contributed by atoms with van der Waals surface area (Å²) in [5.41, 5.74) is 0.438. The largest absolute Gasteiger partial charge is 0.504 e. The molecule has 218 valence electrons. The lowest BCUT2D eigenvalue weighted by Gasteiger charge is -2.43. The fourth-order valence-corrected chi connectivity index (χ4v) is 4.09. The molecular weight excluding hydrogens is 528 g/mol. The fraction of sp³-hybridized carbons (Fsp3) is 0.583. The molecule has 1 aromatic carbocycles. The van der Waals surface area contributed by atoms with Crippen LogP contribution in [0.25, 0.3) is 6.08 Å². The highest BCUT2D eigenvalue weighted by Gasteiger charge is 2.60. The van der Waals surface area contributed by atoms with Crippen LogP contribution in [0.3, 0.4) is 0 Å². The Balaban J connectivity index is 1.81. The number of rotatable bonds is 10. The van der Waals surface area contributed by atoms with Gasteiger partial charge in [-0.15, -0.1) is 0 Å². The van der Waals surface area contributed by atoms with Crippen LogP contribution in [-0.2, 0) is 33.3 Å². The summed E-state index contributed by atoms with van der Waals surface area (Å²) < 4.78 is 31.6. The molecule has 7 N–H and O–H groups in total. The lowest BCUT2D eigenvalue weighted by Crippen LogP contribution is -2.63. The Morgan fingerprint density at radius 1 is 1.05 bits per heavy atom. The number of phenols is 1. The molecule has 1 aromatic rings. The van der Waals surface area contributed by atoms with Crippen LogP contribution < -0.4 is 4.74 Å². The van der Waals surface area contributed by atoms with Gasteiger partial charge in [-0.25, -0.2) is 4.79 Å². The highest BCUT2D eigenvalue weighted by atomic mass is 16.8. The van der Waals surface area contributed by atoms with E-state index in [2.05, 4.69) is 0 Å². The van der Waals surface area contributed by atoms with E-state index in [1.165, 1.54) is 31.4 Å². The molecule has 0 spiro atoms. The number of aliphatic hydroxyl groups excluding tert-OH is 6. The summed E-state index contributed by atoms with van der Waals surface area (Å²) in [4.78, 5) is 23.8. The van der Waals surface area contributed by atoms with E-state index >= 15 is 0 Å². The van der Waals surface area contributed by atoms with Gasteiger partial charge in [-0.3, -0.25) is 4.79 Å². The maximum Gasteiger partial charge on any atom is 0.331 e. The Morgan fingerprint density at radius 2 is 1.77 bits per heavy atom. The van der Waals surface area contributed by atoms with E-state index in [1.807, 2.05) is 0 Å². The molecule has 39 heavy (non-hydrogen) atoms. The molecule has 0 aliphatic carbocycles. The van der Waals surface area contributed by atoms with Gasteiger partial charge in [0.25, 0.3) is 0 Å². The molecule has 2 aliphatic heterocycles. The third kappa shape index (κ3) is 6.84. The van der Waals surface area contributed by atoms with Gasteiger partial charge < -0.3 is 64.2 Å². The zero-order valence-corrected chi connectivity index (χ0v) is 21.0. The van der Waals surface area contributed by atoms with Gasteiger partial charge in [-0.05, 0) is 23.8 Å². The van der Waals surface area contributed by atoms with Crippen LogP contribution in [0.5, 0.6) is 11.5 Å². The summed E-state index contributed by atoms with van der Waals surface area (Å²) in [6.07, 6.45) is -11.3. The standard InChI is InChI=1S/C24H32O15/c1-11(27)35-9-16-18(30)20(32)21(33)23(36-16)39-24(10-26)22(19(31)15(8-25)38-24)37-17(29)6-4-12-3-5-13(28)14(7-12)34-2/h3-7,15-16,18-23,25-26,28,30-33H,8-10H2,1-2H3/t15-,16-,18-,19-,20+,21-,22+,23-,24+/m1/s1. The van der Waals surface area contributed by atoms with E-state index in [4.69, 9.17) is 28.4 Å². The molecule has 9 atom stereocenters. The molecule has 0 bridgehead atoms. The first kappa shape index (κ1) is 30.7. The number of benzene rings is 1. The first-order valence-corrected chi connectivity index (χ1v) is 11.8. The number of hydrogen-bond donors (Lipinski definition) is 7. The van der Waals surface area contributed by atoms with Crippen LogP contribution in [0.15, 0.2) is 24.3 Å². The smallest absolute Gasteiger partial charge is 0.331 e. The van der Waals surface area contributed by atoms with Gasteiger partial charge in [-0.2, -0.15) is 0 Å². The highest BCUT2D eigenvalue weighted by molar-refractivity contribution is 5.87. The monoisotopic (exact) mass is 560 g/mol. The predicted molar refractivity (Wildman–Crippen MR) is 126 cm³/mol. The minimum atomic E-state index is -2.41. The van der Waals surface area contributed by atoms with Gasteiger partial charge in [-0.1, -0.05) is 6.07 Å². The third-order valence-corrected chi connectivity index (χ3v) is 6.17. The molecular formula is C24H32O15. The van der Waals surface area contributed by atoms with E-state index in [-0.39, 0.29) is 11.5 Å². The molecule has 0 radical (unpaired) electrons. The molecule has 0 saturated carbocycles. The molecule has 3 rings (SSSR count). The minimum Gasteiger partial charge on any atom is -0.504 e. The Labute approximate surface area is 222 Å². The van der Waals surface area contributed by atoms with Crippen molar-refractivity contribution in [3.63, 3.8) is 0 Å². The Kier molecular flexibility index (Phi) is 10.2. The second-order valence-electron chi connectivity index (χ2n) is 8.86. The third-order valence-electron chi connectivity index (χ3n) is 6.17. The summed E-state index contributed by atoms with van der Waals surface area (Å²) >= 11 is 0. The van der Waals surface area contributed by atoms with Crippen LogP contribution in [0.2, 0.25) is 0 Å². The second-order valence-corrected chi connectivity index (χ2v) is 8.86. The van der Waals surface area contributed by atoms with Crippen molar-refractivity contribution in [1.29, 1.82) is 0 Å². The number of phenolic OH excluding ortho intramolecular Hbond substituents is 1. The number of hydrogen-bond acceptors (Lipinski definition) is 15. The van der Waals surface area contributed by atoms with Crippen molar-refractivity contribution in [2.45, 2.75) is 61.7 Å². The topological polar surface area (TPSA) is 231 Å². The number of aromatic hydroxyl groups is 1. The van der Waals surface area contributed by atoms with E-state index < -0.39 is 86.6 Å². The van der Waals surface area contributed by atoms with Crippen molar-refractivity contribution in [3.05, 3.63) is 29.8 Å². The normalized spacial score (nSPS) is 34.7. The summed E-state index contributed by atoms with van der Waals surface area (Å²) in [7, 11) is 1.34. The van der Waals surface area contributed by atoms with Crippen molar-refractivity contribution >= 4 is 18.0 Å². The van der Waals surface area contributed by atoms with Crippen LogP contribution in [0.1, 0.15) is 12.5 Å². The number of carbonyl (C=O) groups is 2. The molecule has 2 fully saturated rings. The van der Waals surface area contributed by atoms with E-state index in [1.54, 1.807) is 0 Å². The first-order chi connectivity index (χ1) is 18.5. The Morgan fingerprint density at radius 3 is 2.38 bits per heavy atom. The van der Waals surface area contributed by atoms with Crippen molar-refractivity contribution in [3.8, 4) is 11.5 Å². The van der Waals surface area contributed by atoms with E-state index in [9.17, 15) is 45.3 Å². The number of methoxy groups -OCH3 is 1. The van der Waals surface area contributed by atoms with Crippen LogP contribution in [0.4, 0.5) is 0 Å². The maximum absolute atomic E-state index is 12.6. The van der Waals surface area contributed by atoms with E-state index in [0.29, 0.717) is 5.56 Å². The summed E-state index contributed by atoms with van der Waals surface area (Å²) in [6.45, 7) is -1.30. The zero-order valence-electron chi connectivity index (χ0n) is 21.0. The lowest BCUT2D eigenvalue weighted by atomic mass is 9.99. The number of carbonyl (C=O) groups excluding carboxylic acids is 2. The fourth-order valence-electron chi connectivity index (χ4n) is 4.09. The van der Waals surface area contributed by atoms with Crippen LogP contribution in [-0.4, -0.2) is 129 Å². The summed E-state index contributed by atoms with van der Waals surface area (Å²) in [5, 5.41) is 71.1. The van der Waals surface area contributed by atoms with Crippen molar-refractivity contribution < 1.29 is 73.8 Å². The molecule has 2 heterocycles. The average Bonchev–Trinajstić information content (AvgIpc) is 3.18. The van der Waals surface area contributed by atoms with Gasteiger partial charge in [0.1, 0.15) is 49.8 Å². The predicted octanol–water partition coefficient (Wildman–Crippen LogP) is -2.85. The maximum atomic E-state index is 12.6. The van der Waals surface area contributed by atoms with E-state index in [0.717, 1.165) is 13.0 Å².